The van der Waals surface area contributed by atoms with Crippen molar-refractivity contribution in [2.45, 2.75) is 18.5 Å². The highest BCUT2D eigenvalue weighted by atomic mass is 19.1. The second-order valence-electron chi connectivity index (χ2n) is 6.69. The maximum atomic E-state index is 15.6. The molecule has 144 valence electrons. The average Bonchev–Trinajstić information content (AvgIpc) is 3.22. The number of halogens is 2. The van der Waals surface area contributed by atoms with Crippen LogP contribution in [0.4, 0.5) is 19.3 Å². The Bertz CT molecular complexity index is 979. The van der Waals surface area contributed by atoms with Gasteiger partial charge in [-0.1, -0.05) is 47.6 Å². The summed E-state index contributed by atoms with van der Waals surface area (Å²) in [4.78, 5) is 18.0. The summed E-state index contributed by atoms with van der Waals surface area (Å²) < 4.78 is 34.5. The van der Waals surface area contributed by atoms with Crippen molar-refractivity contribution in [1.82, 2.24) is 15.0 Å². The van der Waals surface area contributed by atoms with Crippen LogP contribution in [0.1, 0.15) is 18.7 Å². The molecule has 2 amide bonds. The Hall–Kier alpha value is -3.29. The minimum atomic E-state index is -1.95. The van der Waals surface area contributed by atoms with Crippen LogP contribution < -0.4 is 5.32 Å². The zero-order valence-electron chi connectivity index (χ0n) is 14.9. The average molecular weight is 384 g/mol. The number of hydrogen-bond donors (Lipinski definition) is 1. The van der Waals surface area contributed by atoms with Crippen LogP contribution in [0.2, 0.25) is 0 Å². The number of amides is 2. The molecular formula is C20H18F2N4O2. The maximum absolute atomic E-state index is 15.6. The van der Waals surface area contributed by atoms with E-state index in [1.54, 1.807) is 18.2 Å². The molecule has 3 aromatic rings. The summed E-state index contributed by atoms with van der Waals surface area (Å²) in [5.41, 5.74) is -1.19. The number of anilines is 1. The molecule has 1 unspecified atom stereocenters. The number of hydrogen-bond acceptors (Lipinski definition) is 4. The number of piperidine rings is 1. The summed E-state index contributed by atoms with van der Waals surface area (Å²) >= 11 is 0. The third-order valence-electron chi connectivity index (χ3n) is 4.69. The van der Waals surface area contributed by atoms with Gasteiger partial charge in [-0.2, -0.15) is 4.98 Å². The van der Waals surface area contributed by atoms with E-state index in [-0.39, 0.29) is 24.5 Å². The maximum Gasteiger partial charge on any atom is 0.322 e. The van der Waals surface area contributed by atoms with Crippen LogP contribution in [0.25, 0.3) is 11.4 Å². The Morgan fingerprint density at radius 3 is 2.68 bits per heavy atom. The van der Waals surface area contributed by atoms with E-state index < -0.39 is 17.5 Å². The number of rotatable bonds is 3. The predicted octanol–water partition coefficient (Wildman–Crippen LogP) is 4.37. The molecule has 1 aliphatic rings. The van der Waals surface area contributed by atoms with Gasteiger partial charge in [-0.25, -0.2) is 13.6 Å². The van der Waals surface area contributed by atoms with Gasteiger partial charge in [0, 0.05) is 12.1 Å². The summed E-state index contributed by atoms with van der Waals surface area (Å²) in [5.74, 6) is -0.418. The third-order valence-corrected chi connectivity index (χ3v) is 4.69. The third kappa shape index (κ3) is 3.58. The molecule has 2 heterocycles. The van der Waals surface area contributed by atoms with E-state index in [1.807, 2.05) is 18.2 Å². The summed E-state index contributed by atoms with van der Waals surface area (Å²) in [5, 5.41) is 6.34. The van der Waals surface area contributed by atoms with Crippen LogP contribution in [0.3, 0.4) is 0 Å². The lowest BCUT2D eigenvalue weighted by Crippen LogP contribution is -2.48. The van der Waals surface area contributed by atoms with Gasteiger partial charge in [-0.3, -0.25) is 0 Å². The zero-order valence-corrected chi connectivity index (χ0v) is 14.9. The van der Waals surface area contributed by atoms with Crippen molar-refractivity contribution in [2.24, 2.45) is 0 Å². The fourth-order valence-corrected chi connectivity index (χ4v) is 3.23. The lowest BCUT2D eigenvalue weighted by molar-refractivity contribution is 0.0333. The standard InChI is InChI=1S/C20H18F2N4O2/c21-15-9-4-5-10-16(15)23-19(27)26-12-6-11-20(22,13-26)18-24-17(25-28-18)14-7-2-1-3-8-14/h1-5,7-10H,6,11-13H2,(H,23,27). The Balaban J connectivity index is 1.50. The van der Waals surface area contributed by atoms with Crippen LogP contribution >= 0.6 is 0 Å². The highest BCUT2D eigenvalue weighted by Gasteiger charge is 2.44. The van der Waals surface area contributed by atoms with Crippen molar-refractivity contribution in [2.75, 3.05) is 18.4 Å². The van der Waals surface area contributed by atoms with Crippen molar-refractivity contribution < 1.29 is 18.1 Å². The van der Waals surface area contributed by atoms with Crippen LogP contribution in [0.5, 0.6) is 0 Å². The van der Waals surface area contributed by atoms with E-state index in [9.17, 15) is 9.18 Å². The molecule has 4 rings (SSSR count). The molecule has 0 bridgehead atoms. The number of nitrogens with one attached hydrogen (secondary N) is 1. The quantitative estimate of drug-likeness (QED) is 0.728. The smallest absolute Gasteiger partial charge is 0.322 e. The molecule has 1 N–H and O–H groups in total. The number of nitrogens with zero attached hydrogens (tertiary/aromatic N) is 3. The number of benzene rings is 2. The van der Waals surface area contributed by atoms with Gasteiger partial charge in [0.15, 0.2) is 0 Å². The monoisotopic (exact) mass is 384 g/mol. The van der Waals surface area contributed by atoms with Gasteiger partial charge >= 0.3 is 6.03 Å². The van der Waals surface area contributed by atoms with Gasteiger partial charge in [0.2, 0.25) is 11.5 Å². The Morgan fingerprint density at radius 1 is 1.14 bits per heavy atom. The van der Waals surface area contributed by atoms with Gasteiger partial charge in [0.25, 0.3) is 5.89 Å². The minimum Gasteiger partial charge on any atom is -0.335 e. The molecule has 1 saturated heterocycles. The zero-order chi connectivity index (χ0) is 19.6. The van der Waals surface area contributed by atoms with E-state index in [1.165, 1.54) is 23.1 Å². The molecule has 0 radical (unpaired) electrons. The molecule has 28 heavy (non-hydrogen) atoms. The SMILES string of the molecule is O=C(Nc1ccccc1F)N1CCCC(F)(c2nc(-c3ccccc3)no2)C1. The largest absolute Gasteiger partial charge is 0.335 e. The highest BCUT2D eigenvalue weighted by molar-refractivity contribution is 5.89. The first kappa shape index (κ1) is 18.1. The summed E-state index contributed by atoms with van der Waals surface area (Å²) in [6.07, 6.45) is 0.580. The van der Waals surface area contributed by atoms with Crippen LogP contribution in [-0.4, -0.2) is 34.2 Å². The minimum absolute atomic E-state index is 0.0479. The molecular weight excluding hydrogens is 366 g/mol. The molecule has 8 heteroatoms. The molecule has 0 aliphatic carbocycles. The Morgan fingerprint density at radius 2 is 1.89 bits per heavy atom. The van der Waals surface area contributed by atoms with E-state index in [2.05, 4.69) is 15.5 Å². The lowest BCUT2D eigenvalue weighted by Gasteiger charge is -2.35. The summed E-state index contributed by atoms with van der Waals surface area (Å²) in [6.45, 7) is 0.106. The number of para-hydroxylation sites is 1. The van der Waals surface area contributed by atoms with Crippen molar-refractivity contribution in [1.29, 1.82) is 0 Å². The molecule has 0 saturated carbocycles. The number of aromatic nitrogens is 2. The summed E-state index contributed by atoms with van der Waals surface area (Å²) in [6, 6.07) is 14.4. The topological polar surface area (TPSA) is 71.3 Å². The van der Waals surface area contributed by atoms with Gasteiger partial charge in [-0.05, 0) is 25.0 Å². The molecule has 2 aromatic carbocycles. The second-order valence-corrected chi connectivity index (χ2v) is 6.69. The molecule has 1 aromatic heterocycles. The van der Waals surface area contributed by atoms with Gasteiger partial charge < -0.3 is 14.7 Å². The van der Waals surface area contributed by atoms with Crippen molar-refractivity contribution >= 4 is 11.7 Å². The Kier molecular flexibility index (Phi) is 4.77. The fourth-order valence-electron chi connectivity index (χ4n) is 3.23. The number of carbonyl (C=O) groups is 1. The number of likely N-dealkylation sites (tertiary alicyclic amines) is 1. The molecule has 0 spiro atoms. The normalized spacial score (nSPS) is 19.4. The fraction of sp³-hybridized carbons (Fsp3) is 0.250. The number of urea groups is 1. The molecule has 6 nitrogen and oxygen atoms in total. The molecule has 1 atom stereocenters. The van der Waals surface area contributed by atoms with Gasteiger partial charge in [0.1, 0.15) is 5.82 Å². The first-order chi connectivity index (χ1) is 13.5. The summed E-state index contributed by atoms with van der Waals surface area (Å²) in [7, 11) is 0. The van der Waals surface area contributed by atoms with E-state index in [0.717, 1.165) is 0 Å². The second kappa shape index (κ2) is 7.38. The first-order valence-corrected chi connectivity index (χ1v) is 8.94. The Labute approximate surface area is 160 Å². The predicted molar refractivity (Wildman–Crippen MR) is 98.7 cm³/mol. The van der Waals surface area contributed by atoms with Crippen molar-refractivity contribution in [3.05, 3.63) is 66.3 Å². The van der Waals surface area contributed by atoms with Gasteiger partial charge in [0.05, 0.1) is 12.2 Å². The molecule has 1 fully saturated rings. The van der Waals surface area contributed by atoms with Crippen LogP contribution in [-0.2, 0) is 5.67 Å². The first-order valence-electron chi connectivity index (χ1n) is 8.94. The number of alkyl halides is 1. The van der Waals surface area contributed by atoms with Crippen LogP contribution in [0, 0.1) is 5.82 Å². The highest BCUT2D eigenvalue weighted by Crippen LogP contribution is 2.35. The van der Waals surface area contributed by atoms with E-state index >= 15 is 4.39 Å². The molecule has 1 aliphatic heterocycles. The van der Waals surface area contributed by atoms with Crippen molar-refractivity contribution in [3.63, 3.8) is 0 Å². The lowest BCUT2D eigenvalue weighted by atomic mass is 9.94. The number of carbonyl (C=O) groups excluding carboxylic acids is 1. The van der Waals surface area contributed by atoms with E-state index in [0.29, 0.717) is 24.4 Å². The van der Waals surface area contributed by atoms with Gasteiger partial charge in [-0.15, -0.1) is 0 Å². The van der Waals surface area contributed by atoms with Crippen LogP contribution in [0.15, 0.2) is 59.1 Å². The van der Waals surface area contributed by atoms with E-state index in [4.69, 9.17) is 4.52 Å². The van der Waals surface area contributed by atoms with Crippen molar-refractivity contribution in [3.8, 4) is 11.4 Å².